The van der Waals surface area contributed by atoms with Gasteiger partial charge in [-0.15, -0.1) is 0 Å². The molecule has 2 aromatic heterocycles. The van der Waals surface area contributed by atoms with Crippen LogP contribution in [0.4, 0.5) is 117 Å². The molecule has 508 valence electrons. The molecule has 2 aromatic carbocycles. The number of pyridine rings is 2. The third-order valence-electron chi connectivity index (χ3n) is 8.65. The second kappa shape index (κ2) is 34.9. The predicted octanol–water partition coefficient (Wildman–Crippen LogP) is 11.6. The van der Waals surface area contributed by atoms with Crippen LogP contribution in [0.5, 0.6) is 0 Å². The number of allylic oxidation sites excluding steroid dienone is 8. The Bertz CT molecular complexity index is 2820. The molecule has 0 atom stereocenters. The first-order chi connectivity index (χ1) is 39.2. The molecule has 0 unspecified atom stereocenters. The van der Waals surface area contributed by atoms with Gasteiger partial charge in [0.05, 0.1) is 0 Å². The van der Waals surface area contributed by atoms with Gasteiger partial charge < -0.3 is 20.4 Å². The summed E-state index contributed by atoms with van der Waals surface area (Å²) in [6.07, 6.45) is -40.7. The first-order valence-corrected chi connectivity index (χ1v) is 22.4. The molecule has 0 N–H and O–H groups in total. The van der Waals surface area contributed by atoms with Crippen molar-refractivity contribution in [1.82, 2.24) is 9.97 Å². The number of rotatable bonds is 8. The van der Waals surface area contributed by atoms with E-state index in [0.717, 1.165) is 31.8 Å². The van der Waals surface area contributed by atoms with E-state index in [2.05, 4.69) is 9.97 Å². The summed E-state index contributed by atoms with van der Waals surface area (Å²) in [5.74, 6) is -22.6. The Labute approximate surface area is 510 Å². The topological polar surface area (TPSA) is 226 Å². The van der Waals surface area contributed by atoms with Crippen LogP contribution in [0.15, 0.2) is 145 Å². The number of ketones is 4. The average molecular weight is 1440 g/mol. The molecule has 90 heavy (non-hydrogen) atoms. The molecular formula is C50H38Cu2F24N4O10. The summed E-state index contributed by atoms with van der Waals surface area (Å²) in [6, 6.07) is 23.0. The van der Waals surface area contributed by atoms with E-state index < -0.39 is 131 Å². The molecule has 0 spiro atoms. The smallest absolute Gasteiger partial charge is 0.869 e. The first-order valence-electron chi connectivity index (χ1n) is 22.4. The van der Waals surface area contributed by atoms with Crippen LogP contribution in [0.25, 0.3) is 22.3 Å². The van der Waals surface area contributed by atoms with E-state index in [1.165, 1.54) is 0 Å². The summed E-state index contributed by atoms with van der Waals surface area (Å²) in [5, 5.41) is 39.3. The van der Waals surface area contributed by atoms with Crippen LogP contribution in [0.1, 0.15) is 41.5 Å². The number of carbonyl (C=O) groups excluding carboxylic acids is 4. The SMILES string of the molecule is CC(C)(C)[N+](=O)c1cccc(-c2cccnc2)c1.CC(C)(C)[N+](=O)c1cccc(-c2cccnc2)c1.O=C(/C=C(\[O-])C(F)(F)F)C(F)(F)F.O=C(/C=C(\[O-])C(F)(F)F)C(F)(F)F.O=C(/C=C(\[O-])C(F)(F)F)C(F)(F)F.O=C(/C=C(\[O-])C(F)(F)F)C(F)(F)F.[Cu+].[Cu+]. The summed E-state index contributed by atoms with van der Waals surface area (Å²) < 4.78 is 273. The Morgan fingerprint density at radius 1 is 0.344 bits per heavy atom. The number of hydrogen-bond acceptors (Lipinski definition) is 12. The van der Waals surface area contributed by atoms with Crippen LogP contribution in [0.3, 0.4) is 0 Å². The Kier molecular flexibility index (Phi) is 34.4. The number of halogens is 24. The zero-order valence-corrected chi connectivity index (χ0v) is 47.0. The minimum atomic E-state index is -5.46. The second-order valence-electron chi connectivity index (χ2n) is 18.0. The molecule has 2 heterocycles. The molecule has 0 radical (unpaired) electrons. The standard InChI is InChI=1S/2C15H17N2O.4C5H2F6O2.2Cu/c2*1-15(2,3)17(18)14-8-4-6-12(10-14)13-7-5-9-16-11-13;4*6-4(7,8)2(12)1-3(13)5(9,10)11;;/h2*4-11H,1-3H3;4*1,12H;;/q2*+1;;;;;2*+1/p-4/b;;4*2-1-;;. The molecule has 14 nitrogen and oxygen atoms in total. The van der Waals surface area contributed by atoms with Crippen molar-refractivity contribution in [3.63, 3.8) is 0 Å². The van der Waals surface area contributed by atoms with Crippen molar-refractivity contribution < 1.29 is 189 Å². The Morgan fingerprint density at radius 3 is 0.700 bits per heavy atom. The van der Waals surface area contributed by atoms with Gasteiger partial charge in [0, 0.05) is 121 Å². The largest absolute Gasteiger partial charge is 1.00 e. The van der Waals surface area contributed by atoms with Crippen LogP contribution < -0.4 is 20.4 Å². The zero-order valence-electron chi connectivity index (χ0n) is 45.1. The monoisotopic (exact) mass is 1440 g/mol. The molecule has 0 saturated carbocycles. The van der Waals surface area contributed by atoms with E-state index in [1.807, 2.05) is 114 Å². The molecule has 0 aliphatic heterocycles. The minimum absolute atomic E-state index is 0. The maximum Gasteiger partial charge on any atom is 1.00 e. The molecule has 0 amide bonds. The summed E-state index contributed by atoms with van der Waals surface area (Å²) in [4.78, 5) is 71.8. The Morgan fingerprint density at radius 2 is 0.544 bits per heavy atom. The van der Waals surface area contributed by atoms with E-state index in [9.17, 15) is 155 Å². The number of aromatic nitrogens is 2. The Balaban J connectivity index is -0.000000495. The van der Waals surface area contributed by atoms with E-state index >= 15 is 0 Å². The van der Waals surface area contributed by atoms with Gasteiger partial charge in [-0.3, -0.25) is 29.1 Å². The Hall–Kier alpha value is -7.86. The molecule has 0 aliphatic carbocycles. The van der Waals surface area contributed by atoms with Crippen LogP contribution >= 0.6 is 0 Å². The van der Waals surface area contributed by atoms with Gasteiger partial charge in [-0.25, -0.2) is 0 Å². The third-order valence-corrected chi connectivity index (χ3v) is 8.65. The summed E-state index contributed by atoms with van der Waals surface area (Å²) in [5.41, 5.74) is 4.51. The van der Waals surface area contributed by atoms with Crippen molar-refractivity contribution in [1.29, 1.82) is 0 Å². The number of nitroso groups, excluding NO2 is 2. The summed E-state index contributed by atoms with van der Waals surface area (Å²) in [6.45, 7) is 11.4. The molecule has 4 rings (SSSR count). The number of hydrogen-bond donors (Lipinski definition) is 0. The fourth-order valence-electron chi connectivity index (χ4n) is 4.60. The summed E-state index contributed by atoms with van der Waals surface area (Å²) >= 11 is 0. The van der Waals surface area contributed by atoms with Crippen molar-refractivity contribution in [3.05, 3.63) is 155 Å². The van der Waals surface area contributed by atoms with Crippen molar-refractivity contribution >= 4 is 34.5 Å². The van der Waals surface area contributed by atoms with Gasteiger partial charge in [-0.05, 0) is 70.6 Å². The van der Waals surface area contributed by atoms with Gasteiger partial charge >= 0.3 is 83.5 Å². The van der Waals surface area contributed by atoms with Crippen LogP contribution in [0, 0.1) is 9.81 Å². The molecule has 0 aliphatic rings. The minimum Gasteiger partial charge on any atom is -0.869 e. The molecule has 4 aromatic rings. The van der Waals surface area contributed by atoms with E-state index in [4.69, 9.17) is 0 Å². The number of carbonyl (C=O) groups is 4. The van der Waals surface area contributed by atoms with Gasteiger partial charge in [0.1, 0.15) is 0 Å². The van der Waals surface area contributed by atoms with Gasteiger partial charge in [0.25, 0.3) is 34.5 Å². The molecule has 0 fully saturated rings. The van der Waals surface area contributed by atoms with Crippen molar-refractivity contribution in [3.8, 4) is 22.3 Å². The van der Waals surface area contributed by atoms with E-state index in [1.54, 1.807) is 24.8 Å². The number of benzene rings is 2. The van der Waals surface area contributed by atoms with Gasteiger partial charge in [0.15, 0.2) is 0 Å². The van der Waals surface area contributed by atoms with Gasteiger partial charge in [-0.1, -0.05) is 36.4 Å². The molecule has 0 saturated heterocycles. The van der Waals surface area contributed by atoms with Crippen LogP contribution in [-0.2, 0) is 53.3 Å². The second-order valence-corrected chi connectivity index (χ2v) is 18.0. The van der Waals surface area contributed by atoms with Gasteiger partial charge in [-0.2, -0.15) is 105 Å². The quantitative estimate of drug-likeness (QED) is 0.0528. The normalized spacial score (nSPS) is 12.9. The third kappa shape index (κ3) is 34.8. The fraction of sp³-hybridized carbons (Fsp3) is 0.320. The van der Waals surface area contributed by atoms with E-state index in [0.29, 0.717) is 11.4 Å². The molecule has 0 bridgehead atoms. The maximum absolute atomic E-state index is 12.2. The number of nitrogens with zero attached hydrogens (tertiary/aromatic N) is 4. The maximum atomic E-state index is 12.2. The summed E-state index contributed by atoms with van der Waals surface area (Å²) in [7, 11) is 0. The van der Waals surface area contributed by atoms with Crippen molar-refractivity contribution in [2.24, 2.45) is 0 Å². The van der Waals surface area contributed by atoms with Crippen molar-refractivity contribution in [2.45, 2.75) is 102 Å². The predicted molar refractivity (Wildman–Crippen MR) is 246 cm³/mol. The average Bonchev–Trinajstić information content (AvgIpc) is 1.76. The molecule has 40 heteroatoms. The zero-order chi connectivity index (χ0) is 69.8. The van der Waals surface area contributed by atoms with Crippen LogP contribution in [-0.4, -0.2) is 103 Å². The van der Waals surface area contributed by atoms with E-state index in [-0.39, 0.29) is 34.1 Å². The fourth-order valence-corrected chi connectivity index (χ4v) is 4.60. The first kappa shape index (κ1) is 88.6. The van der Waals surface area contributed by atoms with Gasteiger partial charge in [0.2, 0.25) is 11.1 Å². The number of alkyl halides is 24. The molecular weight excluding hydrogens is 1400 g/mol. The van der Waals surface area contributed by atoms with Crippen LogP contribution in [0.2, 0.25) is 0 Å². The van der Waals surface area contributed by atoms with Crippen molar-refractivity contribution in [2.75, 3.05) is 0 Å².